The SMILES string of the molecule is Cc1cccc(N(C)C(=O)C23CN(Cc4ccccc4)CC2(C(F)(F)F)C3)c1. The first-order chi connectivity index (χ1) is 13.2. The molecule has 1 saturated carbocycles. The quantitative estimate of drug-likeness (QED) is 0.775. The average Bonchev–Trinajstić information content (AvgIpc) is 3.20. The third kappa shape index (κ3) is 2.82. The molecule has 1 heterocycles. The molecule has 2 aliphatic rings. The number of aryl methyl sites for hydroxylation is 1. The van der Waals surface area contributed by atoms with Crippen molar-refractivity contribution in [3.63, 3.8) is 0 Å². The van der Waals surface area contributed by atoms with E-state index in [9.17, 15) is 18.0 Å². The van der Waals surface area contributed by atoms with Crippen LogP contribution in [0, 0.1) is 17.8 Å². The van der Waals surface area contributed by atoms with Crippen molar-refractivity contribution in [2.45, 2.75) is 26.1 Å². The van der Waals surface area contributed by atoms with Gasteiger partial charge in [0.2, 0.25) is 5.91 Å². The van der Waals surface area contributed by atoms with E-state index in [1.54, 1.807) is 18.0 Å². The minimum Gasteiger partial charge on any atom is -0.315 e. The lowest BCUT2D eigenvalue weighted by atomic mass is 9.94. The Morgan fingerprint density at radius 3 is 2.46 bits per heavy atom. The lowest BCUT2D eigenvalue weighted by Crippen LogP contribution is -2.41. The average molecular weight is 388 g/mol. The van der Waals surface area contributed by atoms with E-state index in [4.69, 9.17) is 0 Å². The molecule has 4 rings (SSSR count). The third-order valence-electron chi connectivity index (χ3n) is 6.28. The van der Waals surface area contributed by atoms with Crippen LogP contribution in [0.25, 0.3) is 0 Å². The molecule has 0 aromatic heterocycles. The maximum Gasteiger partial charge on any atom is 0.396 e. The summed E-state index contributed by atoms with van der Waals surface area (Å²) in [5.74, 6) is -0.439. The molecule has 0 radical (unpaired) electrons. The van der Waals surface area contributed by atoms with E-state index >= 15 is 0 Å². The van der Waals surface area contributed by atoms with E-state index in [0.717, 1.165) is 11.1 Å². The maximum atomic E-state index is 14.0. The number of benzene rings is 2. The van der Waals surface area contributed by atoms with E-state index in [1.807, 2.05) is 55.5 Å². The molecule has 6 heteroatoms. The zero-order valence-corrected chi connectivity index (χ0v) is 16.0. The molecule has 1 amide bonds. The lowest BCUT2D eigenvalue weighted by molar-refractivity contribution is -0.194. The van der Waals surface area contributed by atoms with Crippen LogP contribution in [0.3, 0.4) is 0 Å². The zero-order chi connectivity index (χ0) is 20.2. The summed E-state index contributed by atoms with van der Waals surface area (Å²) in [7, 11) is 1.57. The number of anilines is 1. The van der Waals surface area contributed by atoms with Gasteiger partial charge in [-0.25, -0.2) is 0 Å². The summed E-state index contributed by atoms with van der Waals surface area (Å²) in [4.78, 5) is 16.4. The predicted octanol–water partition coefficient (Wildman–Crippen LogP) is 4.41. The molecule has 0 spiro atoms. The number of likely N-dealkylation sites (tertiary alicyclic amines) is 1. The number of carbonyl (C=O) groups is 1. The van der Waals surface area contributed by atoms with Gasteiger partial charge in [-0.1, -0.05) is 42.5 Å². The normalized spacial score (nSPS) is 26.8. The Morgan fingerprint density at radius 1 is 1.11 bits per heavy atom. The lowest BCUT2D eigenvalue weighted by Gasteiger charge is -2.26. The molecule has 28 heavy (non-hydrogen) atoms. The van der Waals surface area contributed by atoms with Crippen LogP contribution in [-0.4, -0.2) is 37.1 Å². The van der Waals surface area contributed by atoms with E-state index in [-0.39, 0.29) is 19.5 Å². The van der Waals surface area contributed by atoms with Crippen molar-refractivity contribution in [3.05, 3.63) is 65.7 Å². The van der Waals surface area contributed by atoms with Gasteiger partial charge >= 0.3 is 6.18 Å². The van der Waals surface area contributed by atoms with Crippen LogP contribution in [0.15, 0.2) is 54.6 Å². The van der Waals surface area contributed by atoms with Crippen molar-refractivity contribution in [1.82, 2.24) is 4.90 Å². The second-order valence-electron chi connectivity index (χ2n) is 8.17. The van der Waals surface area contributed by atoms with Gasteiger partial charge in [0.05, 0.1) is 10.8 Å². The Bertz CT molecular complexity index is 898. The van der Waals surface area contributed by atoms with E-state index in [1.165, 1.54) is 4.90 Å². The van der Waals surface area contributed by atoms with Gasteiger partial charge in [0.1, 0.15) is 0 Å². The van der Waals surface area contributed by atoms with Gasteiger partial charge < -0.3 is 4.90 Å². The molecule has 1 saturated heterocycles. The van der Waals surface area contributed by atoms with E-state index < -0.39 is 22.9 Å². The summed E-state index contributed by atoms with van der Waals surface area (Å²) in [6.45, 7) is 2.32. The molecule has 3 nitrogen and oxygen atoms in total. The second kappa shape index (κ2) is 6.34. The number of halogens is 3. The van der Waals surface area contributed by atoms with Gasteiger partial charge in [-0.05, 0) is 36.6 Å². The summed E-state index contributed by atoms with van der Waals surface area (Å²) < 4.78 is 42.1. The number of rotatable bonds is 4. The summed E-state index contributed by atoms with van der Waals surface area (Å²) >= 11 is 0. The highest BCUT2D eigenvalue weighted by Crippen LogP contribution is 2.75. The Labute approximate surface area is 162 Å². The number of hydrogen-bond acceptors (Lipinski definition) is 2. The smallest absolute Gasteiger partial charge is 0.315 e. The van der Waals surface area contributed by atoms with Crippen molar-refractivity contribution in [2.24, 2.45) is 10.8 Å². The number of piperidine rings is 1. The van der Waals surface area contributed by atoms with Gasteiger partial charge in [-0.15, -0.1) is 0 Å². The topological polar surface area (TPSA) is 23.6 Å². The number of alkyl halides is 3. The van der Waals surface area contributed by atoms with Crippen LogP contribution < -0.4 is 4.90 Å². The number of hydrogen-bond donors (Lipinski definition) is 0. The summed E-state index contributed by atoms with van der Waals surface area (Å²) in [5.41, 5.74) is -0.785. The van der Waals surface area contributed by atoms with Crippen molar-refractivity contribution in [3.8, 4) is 0 Å². The standard InChI is InChI=1S/C22H23F3N2O/c1-16-7-6-10-18(11-16)26(2)19(28)20-13-21(20,22(23,24)25)15-27(14-20)12-17-8-4-3-5-9-17/h3-11H,12-15H2,1-2H3. The van der Waals surface area contributed by atoms with Crippen LogP contribution in [0.5, 0.6) is 0 Å². The van der Waals surface area contributed by atoms with Crippen molar-refractivity contribution >= 4 is 11.6 Å². The van der Waals surface area contributed by atoms with Crippen molar-refractivity contribution in [2.75, 3.05) is 25.0 Å². The van der Waals surface area contributed by atoms with Gasteiger partial charge in [0.15, 0.2) is 0 Å². The highest BCUT2D eigenvalue weighted by molar-refractivity contribution is 6.01. The Hall–Kier alpha value is -2.34. The summed E-state index contributed by atoms with van der Waals surface area (Å²) in [5, 5.41) is 0. The molecular formula is C22H23F3N2O. The van der Waals surface area contributed by atoms with Crippen LogP contribution in [0.2, 0.25) is 0 Å². The fourth-order valence-electron chi connectivity index (χ4n) is 4.74. The first kappa shape index (κ1) is 19.0. The zero-order valence-electron chi connectivity index (χ0n) is 16.0. The van der Waals surface area contributed by atoms with Crippen molar-refractivity contribution < 1.29 is 18.0 Å². The highest BCUT2D eigenvalue weighted by Gasteiger charge is 2.86. The fourth-order valence-corrected chi connectivity index (χ4v) is 4.74. The molecule has 0 N–H and O–H groups in total. The molecule has 2 atom stereocenters. The summed E-state index contributed by atoms with van der Waals surface area (Å²) in [6.07, 6.45) is -4.52. The molecule has 148 valence electrons. The molecule has 2 aromatic carbocycles. The Kier molecular flexibility index (Phi) is 4.30. The second-order valence-corrected chi connectivity index (χ2v) is 8.17. The van der Waals surface area contributed by atoms with Crippen LogP contribution in [0.1, 0.15) is 17.5 Å². The molecule has 2 unspecified atom stereocenters. The Morgan fingerprint density at radius 2 is 1.82 bits per heavy atom. The van der Waals surface area contributed by atoms with E-state index in [0.29, 0.717) is 12.2 Å². The first-order valence-electron chi connectivity index (χ1n) is 9.36. The molecule has 1 aliphatic carbocycles. The number of fused-ring (bicyclic) bond motifs is 1. The van der Waals surface area contributed by atoms with Crippen LogP contribution >= 0.6 is 0 Å². The number of carbonyl (C=O) groups excluding carboxylic acids is 1. The summed E-state index contributed by atoms with van der Waals surface area (Å²) in [6, 6.07) is 16.7. The van der Waals surface area contributed by atoms with Gasteiger partial charge in [-0.2, -0.15) is 13.2 Å². The minimum atomic E-state index is -4.40. The minimum absolute atomic E-state index is 0.121. The van der Waals surface area contributed by atoms with Crippen LogP contribution in [0.4, 0.5) is 18.9 Å². The predicted molar refractivity (Wildman–Crippen MR) is 102 cm³/mol. The maximum absolute atomic E-state index is 14.0. The van der Waals surface area contributed by atoms with Gasteiger partial charge in [0.25, 0.3) is 0 Å². The molecule has 2 aromatic rings. The molecule has 0 bridgehead atoms. The van der Waals surface area contributed by atoms with Gasteiger partial charge in [-0.3, -0.25) is 9.69 Å². The fraction of sp³-hybridized carbons (Fsp3) is 0.409. The largest absolute Gasteiger partial charge is 0.396 e. The Balaban J connectivity index is 1.61. The van der Waals surface area contributed by atoms with Crippen LogP contribution in [-0.2, 0) is 11.3 Å². The number of nitrogens with zero attached hydrogens (tertiary/aromatic N) is 2. The monoisotopic (exact) mass is 388 g/mol. The number of amides is 1. The highest BCUT2D eigenvalue weighted by atomic mass is 19.4. The first-order valence-corrected chi connectivity index (χ1v) is 9.36. The molecular weight excluding hydrogens is 365 g/mol. The van der Waals surface area contributed by atoms with Gasteiger partial charge in [0, 0.05) is 32.4 Å². The van der Waals surface area contributed by atoms with E-state index in [2.05, 4.69) is 0 Å². The van der Waals surface area contributed by atoms with Crippen molar-refractivity contribution in [1.29, 1.82) is 0 Å². The molecule has 2 fully saturated rings. The molecule has 1 aliphatic heterocycles. The third-order valence-corrected chi connectivity index (χ3v) is 6.28.